The zero-order chi connectivity index (χ0) is 23.4. The van der Waals surface area contributed by atoms with Crippen LogP contribution in [0.15, 0.2) is 36.7 Å². The van der Waals surface area contributed by atoms with Gasteiger partial charge in [0.25, 0.3) is 5.70 Å². The highest BCUT2D eigenvalue weighted by Crippen LogP contribution is 2.37. The molecular formula is C20H29BN4O6. The number of nitro groups is 1. The Morgan fingerprint density at radius 1 is 1.35 bits per heavy atom. The van der Waals surface area contributed by atoms with E-state index in [4.69, 9.17) is 14.4 Å². The Kier molecular flexibility index (Phi) is 7.45. The molecule has 10 nitrogen and oxygen atoms in total. The zero-order valence-corrected chi connectivity index (χ0v) is 18.5. The fourth-order valence-corrected chi connectivity index (χ4v) is 2.91. The Balaban J connectivity index is 2.36. The minimum atomic E-state index is -1.08. The van der Waals surface area contributed by atoms with Gasteiger partial charge >= 0.3 is 13.2 Å². The van der Waals surface area contributed by atoms with Gasteiger partial charge in [-0.2, -0.15) is 5.10 Å². The van der Waals surface area contributed by atoms with E-state index in [1.165, 1.54) is 6.08 Å². The molecule has 11 heteroatoms. The summed E-state index contributed by atoms with van der Waals surface area (Å²) in [7, 11) is -0.673. The van der Waals surface area contributed by atoms with E-state index in [9.17, 15) is 14.9 Å². The van der Waals surface area contributed by atoms with Gasteiger partial charge in [-0.3, -0.25) is 14.8 Å². The minimum Gasteiger partial charge on any atom is -0.465 e. The van der Waals surface area contributed by atoms with E-state index in [1.54, 1.807) is 30.0 Å². The van der Waals surface area contributed by atoms with Gasteiger partial charge in [-0.1, -0.05) is 6.08 Å². The van der Waals surface area contributed by atoms with Crippen LogP contribution in [-0.4, -0.2) is 50.8 Å². The van der Waals surface area contributed by atoms with E-state index in [0.717, 1.165) is 0 Å². The predicted molar refractivity (Wildman–Crippen MR) is 118 cm³/mol. The van der Waals surface area contributed by atoms with Crippen molar-refractivity contribution in [2.75, 3.05) is 6.54 Å². The largest absolute Gasteiger partial charge is 0.498 e. The third kappa shape index (κ3) is 5.83. The molecule has 0 spiro atoms. The first-order valence-corrected chi connectivity index (χ1v) is 9.96. The molecule has 1 amide bonds. The van der Waals surface area contributed by atoms with Gasteiger partial charge in [0, 0.05) is 30.8 Å². The molecule has 1 aliphatic heterocycles. The number of nitrogens with one attached hydrogen (secondary N) is 1. The summed E-state index contributed by atoms with van der Waals surface area (Å²) >= 11 is 0. The van der Waals surface area contributed by atoms with E-state index >= 15 is 0 Å². The summed E-state index contributed by atoms with van der Waals surface area (Å²) in [5, 5.41) is 26.5. The monoisotopic (exact) mass is 432 g/mol. The number of aryl methyl sites for hydroxylation is 1. The van der Waals surface area contributed by atoms with Crippen molar-refractivity contribution in [1.82, 2.24) is 15.1 Å². The van der Waals surface area contributed by atoms with Gasteiger partial charge in [0.15, 0.2) is 0 Å². The standard InChI is InChI=1S/C20H29BN4O6/c1-7-15(10-9-14(2)25(28)29)17-16(21-30-19(3,4)20(5,6)31-21)13-24(23-17)12-8-11-22-18(26)27/h7,9-10,13,22H,2,8,11-12H2,1,3-6H3,(H,26,27). The quantitative estimate of drug-likeness (QED) is 0.202. The van der Waals surface area contributed by atoms with E-state index in [2.05, 4.69) is 17.0 Å². The van der Waals surface area contributed by atoms with Gasteiger partial charge in [0.1, 0.15) is 0 Å². The number of carbonyl (C=O) groups is 1. The summed E-state index contributed by atoms with van der Waals surface area (Å²) in [6, 6.07) is 0. The highest BCUT2D eigenvalue weighted by Gasteiger charge is 2.52. The van der Waals surface area contributed by atoms with Crippen LogP contribution in [0.5, 0.6) is 0 Å². The van der Waals surface area contributed by atoms with E-state index in [1.807, 2.05) is 27.7 Å². The maximum absolute atomic E-state index is 10.9. The Labute approximate surface area is 181 Å². The summed E-state index contributed by atoms with van der Waals surface area (Å²) in [6.07, 6.45) is 5.95. The van der Waals surface area contributed by atoms with Crippen LogP contribution in [0.1, 0.15) is 46.7 Å². The van der Waals surface area contributed by atoms with Gasteiger partial charge in [-0.05, 0) is 59.3 Å². The lowest BCUT2D eigenvalue weighted by Gasteiger charge is -2.32. The summed E-state index contributed by atoms with van der Waals surface area (Å²) < 4.78 is 14.0. The molecule has 0 atom stereocenters. The highest BCUT2D eigenvalue weighted by atomic mass is 16.7. The van der Waals surface area contributed by atoms with Gasteiger partial charge < -0.3 is 19.7 Å². The minimum absolute atomic E-state index is 0.240. The first-order valence-electron chi connectivity index (χ1n) is 9.96. The molecule has 168 valence electrons. The average molecular weight is 432 g/mol. The molecule has 0 bridgehead atoms. The number of hydrogen-bond donors (Lipinski definition) is 2. The van der Waals surface area contributed by atoms with Gasteiger partial charge in [0.2, 0.25) is 0 Å². The number of aromatic nitrogens is 2. The molecule has 1 fully saturated rings. The molecule has 0 aromatic carbocycles. The lowest BCUT2D eigenvalue weighted by atomic mass is 9.78. The van der Waals surface area contributed by atoms with Crippen molar-refractivity contribution in [2.45, 2.75) is 58.8 Å². The Bertz CT molecular complexity index is 903. The Hall–Kier alpha value is -2.92. The maximum Gasteiger partial charge on any atom is 0.498 e. The second kappa shape index (κ2) is 9.48. The molecule has 1 aromatic heterocycles. The summed E-state index contributed by atoms with van der Waals surface area (Å²) in [5.74, 6) is 0. The Morgan fingerprint density at radius 3 is 2.48 bits per heavy atom. The van der Waals surface area contributed by atoms with Crippen molar-refractivity contribution in [2.24, 2.45) is 0 Å². The lowest BCUT2D eigenvalue weighted by molar-refractivity contribution is -0.418. The van der Waals surface area contributed by atoms with E-state index in [-0.39, 0.29) is 12.2 Å². The number of amides is 1. The normalized spacial score (nSPS) is 17.8. The van der Waals surface area contributed by atoms with Crippen LogP contribution in [0.3, 0.4) is 0 Å². The molecule has 2 rings (SSSR count). The van der Waals surface area contributed by atoms with Gasteiger partial charge in [-0.25, -0.2) is 4.79 Å². The smallest absolute Gasteiger partial charge is 0.465 e. The molecular weight excluding hydrogens is 403 g/mol. The number of hydrogen-bond acceptors (Lipinski definition) is 6. The van der Waals surface area contributed by atoms with E-state index < -0.39 is 29.3 Å². The predicted octanol–water partition coefficient (Wildman–Crippen LogP) is 2.59. The van der Waals surface area contributed by atoms with E-state index in [0.29, 0.717) is 29.7 Å². The van der Waals surface area contributed by atoms with Crippen LogP contribution in [0, 0.1) is 10.1 Å². The topological polar surface area (TPSA) is 129 Å². The molecule has 2 heterocycles. The third-order valence-corrected chi connectivity index (χ3v) is 5.41. The third-order valence-electron chi connectivity index (χ3n) is 5.41. The van der Waals surface area contributed by atoms with Crippen molar-refractivity contribution < 1.29 is 24.1 Å². The van der Waals surface area contributed by atoms with Crippen LogP contribution >= 0.6 is 0 Å². The van der Waals surface area contributed by atoms with Crippen LogP contribution in [0.2, 0.25) is 0 Å². The van der Waals surface area contributed by atoms with Crippen molar-refractivity contribution in [3.63, 3.8) is 0 Å². The molecule has 1 aliphatic rings. The summed E-state index contributed by atoms with van der Waals surface area (Å²) in [5.41, 5.74) is 0.572. The van der Waals surface area contributed by atoms with Crippen molar-refractivity contribution >= 4 is 24.2 Å². The number of nitrogens with zero attached hydrogens (tertiary/aromatic N) is 3. The second-order valence-electron chi connectivity index (χ2n) is 8.20. The van der Waals surface area contributed by atoms with Gasteiger partial charge in [0.05, 0.1) is 21.8 Å². The number of rotatable bonds is 9. The molecule has 1 aromatic rings. The summed E-state index contributed by atoms with van der Waals surface area (Å²) in [4.78, 5) is 21.0. The first-order chi connectivity index (χ1) is 14.4. The molecule has 0 aliphatic carbocycles. The zero-order valence-electron chi connectivity index (χ0n) is 18.5. The molecule has 1 saturated heterocycles. The fourth-order valence-electron chi connectivity index (χ4n) is 2.91. The molecule has 2 N–H and O–H groups in total. The molecule has 0 saturated carbocycles. The van der Waals surface area contributed by atoms with Crippen LogP contribution in [-0.2, 0) is 15.9 Å². The average Bonchev–Trinajstić information content (AvgIpc) is 3.17. The molecule has 0 radical (unpaired) electrons. The van der Waals surface area contributed by atoms with Crippen LogP contribution < -0.4 is 10.8 Å². The molecule has 31 heavy (non-hydrogen) atoms. The van der Waals surface area contributed by atoms with Gasteiger partial charge in [-0.15, -0.1) is 0 Å². The SMILES string of the molecule is C=C(C=CC(=CC)c1nn(CCCNC(=O)O)cc1B1OC(C)(C)C(C)(C)O1)[N+](=O)[O-]. The first kappa shape index (κ1) is 24.4. The highest BCUT2D eigenvalue weighted by molar-refractivity contribution is 6.63. The second-order valence-corrected chi connectivity index (χ2v) is 8.20. The van der Waals surface area contributed by atoms with Crippen LogP contribution in [0.4, 0.5) is 4.79 Å². The number of allylic oxidation sites excluding steroid dienone is 4. The van der Waals surface area contributed by atoms with Crippen LogP contribution in [0.25, 0.3) is 5.57 Å². The summed E-state index contributed by atoms with van der Waals surface area (Å²) in [6.45, 7) is 13.8. The van der Waals surface area contributed by atoms with Crippen molar-refractivity contribution in [3.05, 3.63) is 52.5 Å². The lowest BCUT2D eigenvalue weighted by Crippen LogP contribution is -2.41. The van der Waals surface area contributed by atoms with Crippen molar-refractivity contribution in [1.29, 1.82) is 0 Å². The maximum atomic E-state index is 10.9. The van der Waals surface area contributed by atoms with Crippen molar-refractivity contribution in [3.8, 4) is 0 Å². The fraction of sp³-hybridized carbons (Fsp3) is 0.500. The Morgan fingerprint density at radius 2 is 1.97 bits per heavy atom. The molecule has 0 unspecified atom stereocenters. The number of carboxylic acid groups (broad SMARTS) is 1.